The molecule has 0 aliphatic heterocycles. The van der Waals surface area contributed by atoms with Gasteiger partial charge in [-0.05, 0) is 60.3 Å². The molecule has 0 bridgehead atoms. The van der Waals surface area contributed by atoms with Crippen LogP contribution in [0.4, 0.5) is 5.69 Å². The van der Waals surface area contributed by atoms with Crippen LogP contribution in [0.1, 0.15) is 21.7 Å². The second-order valence-corrected chi connectivity index (χ2v) is 6.77. The standard InChI is InChI=1S/C23H21N3O4S/c1-29-17-11-8-16(9-12-17)10-13-21(27)26-23(31)25-20-7-3-2-6-19(20)22(28)24-15-18-5-4-14-30-18/h2-14H,15H2,1H3,(H,24,28)(H2,25,26,27,31). The van der Waals surface area contributed by atoms with Gasteiger partial charge in [0.1, 0.15) is 11.5 Å². The van der Waals surface area contributed by atoms with Crippen molar-refractivity contribution in [2.45, 2.75) is 6.54 Å². The van der Waals surface area contributed by atoms with Crippen molar-refractivity contribution in [2.75, 3.05) is 12.4 Å². The van der Waals surface area contributed by atoms with Crippen LogP contribution in [0.25, 0.3) is 6.08 Å². The molecule has 0 fully saturated rings. The Bertz CT molecular complexity index is 1080. The van der Waals surface area contributed by atoms with Crippen molar-refractivity contribution < 1.29 is 18.7 Å². The van der Waals surface area contributed by atoms with E-state index in [9.17, 15) is 9.59 Å². The van der Waals surface area contributed by atoms with E-state index in [2.05, 4.69) is 16.0 Å². The zero-order valence-corrected chi connectivity index (χ0v) is 17.6. The van der Waals surface area contributed by atoms with Crippen LogP contribution in [0.2, 0.25) is 0 Å². The van der Waals surface area contributed by atoms with Gasteiger partial charge in [-0.2, -0.15) is 0 Å². The van der Waals surface area contributed by atoms with E-state index < -0.39 is 5.91 Å². The Kier molecular flexibility index (Phi) is 7.56. The molecule has 0 aliphatic rings. The van der Waals surface area contributed by atoms with Gasteiger partial charge >= 0.3 is 0 Å². The maximum Gasteiger partial charge on any atom is 0.253 e. The molecular weight excluding hydrogens is 414 g/mol. The number of para-hydroxylation sites is 1. The van der Waals surface area contributed by atoms with Gasteiger partial charge in [-0.15, -0.1) is 0 Å². The molecule has 7 nitrogen and oxygen atoms in total. The first-order chi connectivity index (χ1) is 15.0. The highest BCUT2D eigenvalue weighted by molar-refractivity contribution is 7.80. The Labute approximate surface area is 185 Å². The van der Waals surface area contributed by atoms with Crippen LogP contribution in [0.5, 0.6) is 5.75 Å². The van der Waals surface area contributed by atoms with E-state index in [4.69, 9.17) is 21.4 Å². The van der Waals surface area contributed by atoms with Gasteiger partial charge in [-0.1, -0.05) is 24.3 Å². The summed E-state index contributed by atoms with van der Waals surface area (Å²) in [6.07, 6.45) is 4.58. The van der Waals surface area contributed by atoms with Crippen LogP contribution in [-0.2, 0) is 11.3 Å². The molecule has 1 aromatic heterocycles. The van der Waals surface area contributed by atoms with Crippen LogP contribution in [0, 0.1) is 0 Å². The molecule has 0 atom stereocenters. The minimum absolute atomic E-state index is 0.0793. The third kappa shape index (κ3) is 6.55. The SMILES string of the molecule is COc1ccc(C=CC(=O)NC(=S)Nc2ccccc2C(=O)NCc2ccco2)cc1. The number of furan rings is 1. The highest BCUT2D eigenvalue weighted by Crippen LogP contribution is 2.15. The van der Waals surface area contributed by atoms with Gasteiger partial charge in [0, 0.05) is 6.08 Å². The predicted octanol–water partition coefficient (Wildman–Crippen LogP) is 3.74. The number of amides is 2. The smallest absolute Gasteiger partial charge is 0.253 e. The lowest BCUT2D eigenvalue weighted by Gasteiger charge is -2.12. The molecule has 0 radical (unpaired) electrons. The summed E-state index contributed by atoms with van der Waals surface area (Å²) in [6.45, 7) is 0.261. The highest BCUT2D eigenvalue weighted by Gasteiger charge is 2.12. The Morgan fingerprint density at radius 3 is 2.55 bits per heavy atom. The van der Waals surface area contributed by atoms with E-state index in [1.54, 1.807) is 68.0 Å². The van der Waals surface area contributed by atoms with Crippen molar-refractivity contribution in [1.82, 2.24) is 10.6 Å². The van der Waals surface area contributed by atoms with Crippen LogP contribution in [0.15, 0.2) is 77.4 Å². The van der Waals surface area contributed by atoms with Crippen molar-refractivity contribution >= 4 is 40.9 Å². The van der Waals surface area contributed by atoms with Crippen LogP contribution in [0.3, 0.4) is 0 Å². The molecule has 3 aromatic rings. The summed E-state index contributed by atoms with van der Waals surface area (Å²) in [5.41, 5.74) is 1.71. The zero-order valence-electron chi connectivity index (χ0n) is 16.8. The second-order valence-electron chi connectivity index (χ2n) is 6.36. The fourth-order valence-corrected chi connectivity index (χ4v) is 2.87. The molecule has 158 valence electrons. The number of hydrogen-bond donors (Lipinski definition) is 3. The number of anilines is 1. The molecule has 0 aliphatic carbocycles. The van der Waals surface area contributed by atoms with E-state index in [1.807, 2.05) is 12.1 Å². The topological polar surface area (TPSA) is 92.6 Å². The van der Waals surface area contributed by atoms with E-state index >= 15 is 0 Å². The fourth-order valence-electron chi connectivity index (χ4n) is 2.66. The molecule has 0 saturated carbocycles. The molecule has 0 spiro atoms. The van der Waals surface area contributed by atoms with Crippen LogP contribution >= 0.6 is 12.2 Å². The monoisotopic (exact) mass is 435 g/mol. The largest absolute Gasteiger partial charge is 0.497 e. The van der Waals surface area contributed by atoms with Crippen molar-refractivity contribution in [1.29, 1.82) is 0 Å². The predicted molar refractivity (Wildman–Crippen MR) is 123 cm³/mol. The number of carbonyl (C=O) groups excluding carboxylic acids is 2. The summed E-state index contributed by atoms with van der Waals surface area (Å²) < 4.78 is 10.3. The summed E-state index contributed by atoms with van der Waals surface area (Å²) in [7, 11) is 1.59. The maximum absolute atomic E-state index is 12.5. The number of hydrogen-bond acceptors (Lipinski definition) is 5. The van der Waals surface area contributed by atoms with Gasteiger partial charge in [0.05, 0.1) is 31.2 Å². The van der Waals surface area contributed by atoms with E-state index in [1.165, 1.54) is 6.08 Å². The van der Waals surface area contributed by atoms with Gasteiger partial charge in [-0.3, -0.25) is 14.9 Å². The van der Waals surface area contributed by atoms with Crippen molar-refractivity contribution in [2.24, 2.45) is 0 Å². The number of benzene rings is 2. The third-order valence-electron chi connectivity index (χ3n) is 4.20. The van der Waals surface area contributed by atoms with Crippen molar-refractivity contribution in [3.05, 3.63) is 89.9 Å². The van der Waals surface area contributed by atoms with Gasteiger partial charge in [-0.25, -0.2) is 0 Å². The molecule has 3 N–H and O–H groups in total. The summed E-state index contributed by atoms with van der Waals surface area (Å²) in [4.78, 5) is 24.7. The van der Waals surface area contributed by atoms with Crippen LogP contribution in [-0.4, -0.2) is 24.0 Å². The first-order valence-corrected chi connectivity index (χ1v) is 9.79. The van der Waals surface area contributed by atoms with Crippen LogP contribution < -0.4 is 20.7 Å². The number of ether oxygens (including phenoxy) is 1. The summed E-state index contributed by atoms with van der Waals surface area (Å²) in [5, 5.41) is 8.32. The highest BCUT2D eigenvalue weighted by atomic mass is 32.1. The number of thiocarbonyl (C=S) groups is 1. The molecular formula is C23H21N3O4S. The van der Waals surface area contributed by atoms with Gasteiger partial charge in [0.15, 0.2) is 5.11 Å². The van der Waals surface area contributed by atoms with E-state index in [-0.39, 0.29) is 17.6 Å². The zero-order chi connectivity index (χ0) is 22.1. The van der Waals surface area contributed by atoms with Gasteiger partial charge in [0.2, 0.25) is 5.91 Å². The summed E-state index contributed by atoms with van der Waals surface area (Å²) in [5.74, 6) is 0.685. The normalized spacial score (nSPS) is 10.5. The number of nitrogens with one attached hydrogen (secondary N) is 3. The molecule has 3 rings (SSSR count). The van der Waals surface area contributed by atoms with Gasteiger partial charge < -0.3 is 19.8 Å². The molecule has 2 aromatic carbocycles. The average Bonchev–Trinajstić information content (AvgIpc) is 3.30. The Morgan fingerprint density at radius 2 is 1.84 bits per heavy atom. The fraction of sp³-hybridized carbons (Fsp3) is 0.0870. The molecule has 2 amide bonds. The van der Waals surface area contributed by atoms with Crippen molar-refractivity contribution in [3.8, 4) is 5.75 Å². The Morgan fingerprint density at radius 1 is 1.06 bits per heavy atom. The lowest BCUT2D eigenvalue weighted by Crippen LogP contribution is -2.33. The minimum Gasteiger partial charge on any atom is -0.497 e. The minimum atomic E-state index is -0.395. The first kappa shape index (κ1) is 21.8. The first-order valence-electron chi connectivity index (χ1n) is 9.39. The summed E-state index contributed by atoms with van der Waals surface area (Å²) >= 11 is 5.21. The third-order valence-corrected chi connectivity index (χ3v) is 4.41. The molecule has 0 saturated heterocycles. The molecule has 8 heteroatoms. The Balaban J connectivity index is 1.56. The maximum atomic E-state index is 12.5. The van der Waals surface area contributed by atoms with E-state index in [0.29, 0.717) is 17.0 Å². The average molecular weight is 436 g/mol. The van der Waals surface area contributed by atoms with Gasteiger partial charge in [0.25, 0.3) is 5.91 Å². The molecule has 0 unspecified atom stereocenters. The number of methoxy groups -OCH3 is 1. The second kappa shape index (κ2) is 10.7. The van der Waals surface area contributed by atoms with Crippen molar-refractivity contribution in [3.63, 3.8) is 0 Å². The lowest BCUT2D eigenvalue weighted by molar-refractivity contribution is -0.115. The Hall–Kier alpha value is -3.91. The molecule has 31 heavy (non-hydrogen) atoms. The molecule has 1 heterocycles. The quantitative estimate of drug-likeness (QED) is 0.387. The van der Waals surface area contributed by atoms with E-state index in [0.717, 1.165) is 11.3 Å². The number of carbonyl (C=O) groups is 2. The number of rotatable bonds is 7. The lowest BCUT2D eigenvalue weighted by atomic mass is 10.1. The summed E-state index contributed by atoms with van der Waals surface area (Å²) in [6, 6.07) is 17.7.